The van der Waals surface area contributed by atoms with E-state index in [1.54, 1.807) is 0 Å². The lowest BCUT2D eigenvalue weighted by Crippen LogP contribution is -2.54. The molecule has 0 aromatic rings. The Morgan fingerprint density at radius 3 is 1.88 bits per heavy atom. The highest BCUT2D eigenvalue weighted by atomic mass is 16.2. The summed E-state index contributed by atoms with van der Waals surface area (Å²) >= 11 is 0. The Morgan fingerprint density at radius 1 is 0.923 bits per heavy atom. The minimum absolute atomic E-state index is 0.0325. The van der Waals surface area contributed by atoms with Crippen LogP contribution in [-0.2, 0) is 9.59 Å². The second-order valence-corrected chi connectivity index (χ2v) is 11.4. The molecule has 2 amide bonds. The molecule has 4 rings (SSSR count). The molecule has 0 atom stereocenters. The standard InChI is InChI=1S/C22H38N2O2/c1-20(2,3)14-21(4,5)24-18(25)6-7-23-19(26)22-11-15-8-16(12-22)10-17(9-15)13-22/h15-17H,6-14H2,1-5H3,(H,23,26)(H,24,25). The fraction of sp³-hybridized carbons (Fsp3) is 0.909. The van der Waals surface area contributed by atoms with Crippen LogP contribution in [0.2, 0.25) is 0 Å². The van der Waals surface area contributed by atoms with Crippen LogP contribution in [0.25, 0.3) is 0 Å². The Labute approximate surface area is 159 Å². The number of amides is 2. The van der Waals surface area contributed by atoms with Gasteiger partial charge in [0.25, 0.3) is 0 Å². The maximum atomic E-state index is 12.9. The maximum absolute atomic E-state index is 12.9. The van der Waals surface area contributed by atoms with E-state index in [0.717, 1.165) is 43.4 Å². The van der Waals surface area contributed by atoms with Crippen LogP contribution in [0, 0.1) is 28.6 Å². The zero-order chi connectivity index (χ0) is 19.2. The van der Waals surface area contributed by atoms with Crippen LogP contribution < -0.4 is 10.6 Å². The van der Waals surface area contributed by atoms with E-state index in [-0.39, 0.29) is 28.2 Å². The van der Waals surface area contributed by atoms with Crippen molar-refractivity contribution in [1.82, 2.24) is 10.6 Å². The fourth-order valence-corrected chi connectivity index (χ4v) is 6.68. The van der Waals surface area contributed by atoms with Crippen LogP contribution >= 0.6 is 0 Å². The van der Waals surface area contributed by atoms with Crippen molar-refractivity contribution in [1.29, 1.82) is 0 Å². The number of hydrogen-bond donors (Lipinski definition) is 2. The topological polar surface area (TPSA) is 58.2 Å². The van der Waals surface area contributed by atoms with Crippen molar-refractivity contribution >= 4 is 11.8 Å². The normalized spacial score (nSPS) is 33.2. The minimum Gasteiger partial charge on any atom is -0.355 e. The third-order valence-corrected chi connectivity index (χ3v) is 6.61. The Kier molecular flexibility index (Phi) is 5.18. The van der Waals surface area contributed by atoms with Gasteiger partial charge < -0.3 is 10.6 Å². The molecular weight excluding hydrogens is 324 g/mol. The molecule has 0 radical (unpaired) electrons. The molecule has 4 heteroatoms. The molecule has 0 aliphatic heterocycles. The molecule has 26 heavy (non-hydrogen) atoms. The van der Waals surface area contributed by atoms with Crippen molar-refractivity contribution in [2.75, 3.05) is 6.54 Å². The van der Waals surface area contributed by atoms with Gasteiger partial charge >= 0.3 is 0 Å². The molecule has 148 valence electrons. The highest BCUT2D eigenvalue weighted by Gasteiger charge is 2.54. The summed E-state index contributed by atoms with van der Waals surface area (Å²) in [7, 11) is 0. The first-order valence-corrected chi connectivity index (χ1v) is 10.6. The zero-order valence-electron chi connectivity index (χ0n) is 17.4. The van der Waals surface area contributed by atoms with E-state index in [2.05, 4.69) is 45.3 Å². The summed E-state index contributed by atoms with van der Waals surface area (Å²) in [4.78, 5) is 25.2. The van der Waals surface area contributed by atoms with Crippen LogP contribution in [-0.4, -0.2) is 23.9 Å². The first kappa shape index (κ1) is 19.7. The lowest BCUT2D eigenvalue weighted by molar-refractivity contribution is -0.146. The lowest BCUT2D eigenvalue weighted by Gasteiger charge is -2.55. The molecule has 2 N–H and O–H groups in total. The van der Waals surface area contributed by atoms with Crippen molar-refractivity contribution in [2.45, 2.75) is 91.5 Å². The summed E-state index contributed by atoms with van der Waals surface area (Å²) in [5, 5.41) is 6.24. The summed E-state index contributed by atoms with van der Waals surface area (Å²) in [6, 6.07) is 0. The molecule has 4 bridgehead atoms. The van der Waals surface area contributed by atoms with Gasteiger partial charge in [-0.15, -0.1) is 0 Å². The molecule has 0 aromatic carbocycles. The SMILES string of the molecule is CC(C)(C)CC(C)(C)NC(=O)CCNC(=O)C12CC3CC(CC(C3)C1)C2. The van der Waals surface area contributed by atoms with Gasteiger partial charge in [0, 0.05) is 23.9 Å². The van der Waals surface area contributed by atoms with Crippen molar-refractivity contribution < 1.29 is 9.59 Å². The lowest BCUT2D eigenvalue weighted by atomic mass is 9.49. The Morgan fingerprint density at radius 2 is 1.42 bits per heavy atom. The fourth-order valence-electron chi connectivity index (χ4n) is 6.68. The van der Waals surface area contributed by atoms with Gasteiger partial charge in [-0.2, -0.15) is 0 Å². The monoisotopic (exact) mass is 362 g/mol. The van der Waals surface area contributed by atoms with Gasteiger partial charge in [-0.3, -0.25) is 9.59 Å². The van der Waals surface area contributed by atoms with Gasteiger partial charge in [0.2, 0.25) is 11.8 Å². The van der Waals surface area contributed by atoms with E-state index in [9.17, 15) is 9.59 Å². The third-order valence-electron chi connectivity index (χ3n) is 6.61. The van der Waals surface area contributed by atoms with Gasteiger partial charge in [-0.1, -0.05) is 20.8 Å². The van der Waals surface area contributed by atoms with E-state index >= 15 is 0 Å². The first-order valence-electron chi connectivity index (χ1n) is 10.6. The minimum atomic E-state index is -0.223. The van der Waals surface area contributed by atoms with Crippen molar-refractivity contribution in [3.63, 3.8) is 0 Å². The van der Waals surface area contributed by atoms with E-state index < -0.39 is 0 Å². The van der Waals surface area contributed by atoms with Gasteiger partial charge in [-0.25, -0.2) is 0 Å². The predicted molar refractivity (Wildman–Crippen MR) is 105 cm³/mol. The van der Waals surface area contributed by atoms with Crippen LogP contribution in [0.4, 0.5) is 0 Å². The smallest absolute Gasteiger partial charge is 0.226 e. The molecule has 0 spiro atoms. The van der Waals surface area contributed by atoms with E-state index in [1.165, 1.54) is 19.3 Å². The highest BCUT2D eigenvalue weighted by molar-refractivity contribution is 5.84. The molecule has 0 heterocycles. The second kappa shape index (κ2) is 6.83. The van der Waals surface area contributed by atoms with Crippen LogP contribution in [0.15, 0.2) is 0 Å². The molecule has 0 saturated heterocycles. The van der Waals surface area contributed by atoms with E-state index in [1.807, 2.05) is 0 Å². The number of carbonyl (C=O) groups excluding carboxylic acids is 2. The van der Waals surface area contributed by atoms with Crippen LogP contribution in [0.1, 0.15) is 86.0 Å². The van der Waals surface area contributed by atoms with Gasteiger partial charge in [0.1, 0.15) is 0 Å². The summed E-state index contributed by atoms with van der Waals surface area (Å²) in [6.45, 7) is 11.2. The van der Waals surface area contributed by atoms with Gasteiger partial charge in [-0.05, 0) is 82.0 Å². The van der Waals surface area contributed by atoms with Crippen molar-refractivity contribution in [3.05, 3.63) is 0 Å². The van der Waals surface area contributed by atoms with Gasteiger partial charge in [0.15, 0.2) is 0 Å². The number of carbonyl (C=O) groups is 2. The maximum Gasteiger partial charge on any atom is 0.226 e. The van der Waals surface area contributed by atoms with Gasteiger partial charge in [0.05, 0.1) is 0 Å². The number of nitrogens with one attached hydrogen (secondary N) is 2. The Bertz CT molecular complexity index is 524. The molecule has 4 aliphatic carbocycles. The third kappa shape index (κ3) is 4.61. The summed E-state index contributed by atoms with van der Waals surface area (Å²) < 4.78 is 0. The van der Waals surface area contributed by atoms with E-state index in [0.29, 0.717) is 13.0 Å². The second-order valence-electron chi connectivity index (χ2n) is 11.4. The van der Waals surface area contributed by atoms with E-state index in [4.69, 9.17) is 0 Å². The van der Waals surface area contributed by atoms with Crippen LogP contribution in [0.5, 0.6) is 0 Å². The molecule has 0 unspecified atom stereocenters. The zero-order valence-corrected chi connectivity index (χ0v) is 17.4. The average molecular weight is 363 g/mol. The molecule has 4 aliphatic rings. The summed E-state index contributed by atoms with van der Waals surface area (Å²) in [6.07, 6.45) is 8.56. The largest absolute Gasteiger partial charge is 0.355 e. The summed E-state index contributed by atoms with van der Waals surface area (Å²) in [5.41, 5.74) is -0.167. The Hall–Kier alpha value is -1.06. The van der Waals surface area contributed by atoms with Crippen LogP contribution in [0.3, 0.4) is 0 Å². The molecule has 4 saturated carbocycles. The predicted octanol–water partition coefficient (Wildman–Crippen LogP) is 4.04. The van der Waals surface area contributed by atoms with Crippen molar-refractivity contribution in [3.8, 4) is 0 Å². The molecule has 0 aromatic heterocycles. The summed E-state index contributed by atoms with van der Waals surface area (Å²) in [5.74, 6) is 2.57. The number of rotatable bonds is 6. The quantitative estimate of drug-likeness (QED) is 0.749. The molecular formula is C22H38N2O2. The highest BCUT2D eigenvalue weighted by Crippen LogP contribution is 2.60. The molecule has 4 fully saturated rings. The average Bonchev–Trinajstić information content (AvgIpc) is 2.42. The number of hydrogen-bond acceptors (Lipinski definition) is 2. The van der Waals surface area contributed by atoms with Crippen molar-refractivity contribution in [2.24, 2.45) is 28.6 Å². The Balaban J connectivity index is 1.45. The molecule has 4 nitrogen and oxygen atoms in total. The first-order chi connectivity index (χ1) is 12.0.